The molecule has 0 bridgehead atoms. The molecule has 1 N–H and O–H groups in total. The first-order valence-electron chi connectivity index (χ1n) is 12.3. The first-order valence-corrected chi connectivity index (χ1v) is 13.7. The number of anilines is 1. The van der Waals surface area contributed by atoms with Gasteiger partial charge in [0.25, 0.3) is 10.0 Å². The summed E-state index contributed by atoms with van der Waals surface area (Å²) in [6.07, 6.45) is 5.25. The van der Waals surface area contributed by atoms with Crippen LogP contribution in [0, 0.1) is 0 Å². The summed E-state index contributed by atoms with van der Waals surface area (Å²) in [6.45, 7) is 4.26. The van der Waals surface area contributed by atoms with Crippen LogP contribution >= 0.6 is 0 Å². The molecular formula is C26H31N5O3S. The Hall–Kier alpha value is -2.88. The topological polar surface area (TPSA) is 79.7 Å². The van der Waals surface area contributed by atoms with Gasteiger partial charge < -0.3 is 14.2 Å². The number of imidazole rings is 1. The summed E-state index contributed by atoms with van der Waals surface area (Å²) in [6, 6.07) is 17.4. The van der Waals surface area contributed by atoms with E-state index in [1.54, 1.807) is 11.6 Å². The molecule has 35 heavy (non-hydrogen) atoms. The van der Waals surface area contributed by atoms with E-state index in [0.29, 0.717) is 25.0 Å². The molecule has 0 aliphatic carbocycles. The van der Waals surface area contributed by atoms with Gasteiger partial charge in [-0.3, -0.25) is 4.90 Å². The van der Waals surface area contributed by atoms with Gasteiger partial charge in [-0.25, -0.2) is 18.1 Å². The van der Waals surface area contributed by atoms with Gasteiger partial charge in [0.15, 0.2) is 5.03 Å². The number of fused-ring (bicyclic) bond motifs is 1. The summed E-state index contributed by atoms with van der Waals surface area (Å²) in [5.74, 6) is 1.33. The minimum Gasteiger partial charge on any atom is -0.492 e. The molecule has 2 fully saturated rings. The van der Waals surface area contributed by atoms with Crippen molar-refractivity contribution < 1.29 is 13.2 Å². The third-order valence-corrected chi connectivity index (χ3v) is 8.86. The summed E-state index contributed by atoms with van der Waals surface area (Å²) >= 11 is 0. The lowest BCUT2D eigenvalue weighted by Crippen LogP contribution is -2.59. The fourth-order valence-corrected chi connectivity index (χ4v) is 6.57. The largest absolute Gasteiger partial charge is 0.492 e. The van der Waals surface area contributed by atoms with E-state index in [9.17, 15) is 8.42 Å². The van der Waals surface area contributed by atoms with Crippen molar-refractivity contribution in [1.82, 2.24) is 19.2 Å². The normalized spacial score (nSPS) is 22.7. The lowest BCUT2D eigenvalue weighted by Gasteiger charge is -2.46. The van der Waals surface area contributed by atoms with E-state index in [-0.39, 0.29) is 11.1 Å². The first-order chi connectivity index (χ1) is 17.0. The van der Waals surface area contributed by atoms with Crippen molar-refractivity contribution in [1.29, 1.82) is 0 Å². The van der Waals surface area contributed by atoms with E-state index in [0.717, 1.165) is 37.6 Å². The Morgan fingerprint density at radius 2 is 1.91 bits per heavy atom. The van der Waals surface area contributed by atoms with Gasteiger partial charge in [-0.1, -0.05) is 30.3 Å². The second-order valence-corrected chi connectivity index (χ2v) is 11.5. The highest BCUT2D eigenvalue weighted by molar-refractivity contribution is 7.89. The molecule has 2 atom stereocenters. The molecule has 6 rings (SSSR count). The van der Waals surface area contributed by atoms with Crippen molar-refractivity contribution in [3.05, 3.63) is 72.2 Å². The van der Waals surface area contributed by atoms with Crippen LogP contribution in [-0.4, -0.2) is 67.7 Å². The molecule has 1 aromatic heterocycles. The van der Waals surface area contributed by atoms with Crippen molar-refractivity contribution in [3.63, 3.8) is 0 Å². The Bertz CT molecular complexity index is 1300. The van der Waals surface area contributed by atoms with Crippen molar-refractivity contribution in [2.75, 3.05) is 37.7 Å². The second-order valence-electron chi connectivity index (χ2n) is 9.89. The van der Waals surface area contributed by atoms with Crippen LogP contribution in [0.1, 0.15) is 23.5 Å². The van der Waals surface area contributed by atoms with Crippen LogP contribution in [0.4, 0.5) is 5.69 Å². The maximum atomic E-state index is 12.6. The van der Waals surface area contributed by atoms with Crippen molar-refractivity contribution in [3.8, 4) is 5.75 Å². The molecule has 184 valence electrons. The highest BCUT2D eigenvalue weighted by Crippen LogP contribution is 2.41. The number of aryl methyl sites for hydroxylation is 1. The van der Waals surface area contributed by atoms with Crippen LogP contribution < -0.4 is 14.4 Å². The molecule has 3 aromatic rings. The average Bonchev–Trinajstić information content (AvgIpc) is 3.24. The Balaban J connectivity index is 1.19. The van der Waals surface area contributed by atoms with Crippen molar-refractivity contribution in [2.45, 2.75) is 35.9 Å². The number of likely N-dealkylation sites (tertiary alicyclic amines) is 1. The molecule has 9 heteroatoms. The lowest BCUT2D eigenvalue weighted by atomic mass is 9.82. The van der Waals surface area contributed by atoms with Crippen molar-refractivity contribution in [2.24, 2.45) is 7.05 Å². The highest BCUT2D eigenvalue weighted by Gasteiger charge is 2.38. The van der Waals surface area contributed by atoms with E-state index in [4.69, 9.17) is 4.74 Å². The van der Waals surface area contributed by atoms with Gasteiger partial charge in [0, 0.05) is 43.5 Å². The molecule has 0 radical (unpaired) electrons. The zero-order valence-electron chi connectivity index (χ0n) is 19.9. The van der Waals surface area contributed by atoms with E-state index in [1.807, 2.05) is 0 Å². The molecule has 3 aliphatic rings. The van der Waals surface area contributed by atoms with Gasteiger partial charge >= 0.3 is 0 Å². The zero-order chi connectivity index (χ0) is 24.0. The van der Waals surface area contributed by atoms with Crippen LogP contribution in [-0.2, 0) is 23.5 Å². The number of nitrogens with one attached hydrogen (secondary N) is 1. The molecule has 2 unspecified atom stereocenters. The van der Waals surface area contributed by atoms with Crippen LogP contribution in [0.3, 0.4) is 0 Å². The van der Waals surface area contributed by atoms with Gasteiger partial charge in [0.05, 0.1) is 18.4 Å². The summed E-state index contributed by atoms with van der Waals surface area (Å²) in [5, 5.41) is 0.0603. The van der Waals surface area contributed by atoms with Crippen LogP contribution in [0.15, 0.2) is 66.1 Å². The predicted octanol–water partition coefficient (Wildman–Crippen LogP) is 2.38. The smallest absolute Gasteiger partial charge is 0.259 e. The number of aromatic nitrogens is 2. The van der Waals surface area contributed by atoms with Gasteiger partial charge in [0.2, 0.25) is 0 Å². The third-order valence-electron chi connectivity index (χ3n) is 7.45. The molecular weight excluding hydrogens is 462 g/mol. The fourth-order valence-electron chi connectivity index (χ4n) is 5.37. The monoisotopic (exact) mass is 493 g/mol. The Labute approximate surface area is 206 Å². The number of sulfonamides is 1. The third kappa shape index (κ3) is 4.44. The van der Waals surface area contributed by atoms with E-state index in [1.165, 1.54) is 30.1 Å². The summed E-state index contributed by atoms with van der Waals surface area (Å²) in [7, 11) is -1.85. The van der Waals surface area contributed by atoms with Crippen molar-refractivity contribution >= 4 is 15.7 Å². The van der Waals surface area contributed by atoms with Gasteiger partial charge in [-0.05, 0) is 49.7 Å². The number of rotatable bonds is 7. The molecule has 4 heterocycles. The van der Waals surface area contributed by atoms with E-state index >= 15 is 0 Å². The maximum Gasteiger partial charge on any atom is 0.259 e. The molecule has 2 saturated heterocycles. The Morgan fingerprint density at radius 3 is 2.60 bits per heavy atom. The minimum atomic E-state index is -3.61. The Kier molecular flexibility index (Phi) is 5.78. The van der Waals surface area contributed by atoms with Crippen LogP contribution in [0.2, 0.25) is 0 Å². The van der Waals surface area contributed by atoms with Gasteiger partial charge in [-0.2, -0.15) is 0 Å². The summed E-state index contributed by atoms with van der Waals surface area (Å²) < 4.78 is 35.9. The number of hydrogen-bond acceptors (Lipinski definition) is 6. The quantitative estimate of drug-likeness (QED) is 0.545. The maximum absolute atomic E-state index is 12.6. The lowest BCUT2D eigenvalue weighted by molar-refractivity contribution is 0.0502. The van der Waals surface area contributed by atoms with E-state index < -0.39 is 10.0 Å². The molecule has 0 spiro atoms. The zero-order valence-corrected chi connectivity index (χ0v) is 20.7. The molecule has 0 saturated carbocycles. The number of nitrogens with zero attached hydrogens (tertiary/aromatic N) is 4. The molecule has 2 aromatic carbocycles. The SMILES string of the molecule is Cn1cnc(S(=O)(=O)NC2CN(c3ccc4c(c3)C(Cc3ccccc3)C(N3CCC3)CO4)C2)c1. The van der Waals surface area contributed by atoms with Crippen LogP contribution in [0.5, 0.6) is 5.75 Å². The molecule has 3 aliphatic heterocycles. The average molecular weight is 494 g/mol. The second kappa shape index (κ2) is 8.96. The fraction of sp³-hybridized carbons (Fsp3) is 0.423. The standard InChI is InChI=1S/C26H31N5O3S/c1-29-16-26(27-18-29)35(32,33)28-20-14-31(15-20)21-8-9-25-23(13-21)22(12-19-6-3-2-4-7-19)24(17-34-25)30-10-5-11-30/h2-4,6-9,13,16,18,20,22,24,28H,5,10-12,14-15,17H2,1H3. The summed E-state index contributed by atoms with van der Waals surface area (Å²) in [4.78, 5) is 8.75. The molecule has 0 amide bonds. The minimum absolute atomic E-state index is 0.0603. The highest BCUT2D eigenvalue weighted by atomic mass is 32.2. The molecule has 8 nitrogen and oxygen atoms in total. The van der Waals surface area contributed by atoms with Gasteiger partial charge in [0.1, 0.15) is 12.4 Å². The first kappa shape index (κ1) is 22.6. The van der Waals surface area contributed by atoms with E-state index in [2.05, 4.69) is 68.0 Å². The number of benzene rings is 2. The number of hydrogen-bond donors (Lipinski definition) is 1. The summed E-state index contributed by atoms with van der Waals surface area (Å²) in [5.41, 5.74) is 3.71. The Morgan fingerprint density at radius 1 is 1.11 bits per heavy atom. The number of ether oxygens (including phenoxy) is 1. The predicted molar refractivity (Wildman–Crippen MR) is 134 cm³/mol. The van der Waals surface area contributed by atoms with Gasteiger partial charge in [-0.15, -0.1) is 0 Å². The van der Waals surface area contributed by atoms with Crippen LogP contribution in [0.25, 0.3) is 0 Å².